The number of nitrogens with one attached hydrogen (secondary N) is 1. The number of primary sulfonamides is 1. The Kier molecular flexibility index (Phi) is 8.08. The van der Waals surface area contributed by atoms with Gasteiger partial charge >= 0.3 is 0 Å². The summed E-state index contributed by atoms with van der Waals surface area (Å²) in [6.07, 6.45) is 0.183. The maximum absolute atomic E-state index is 13.4. The smallest absolute Gasteiger partial charge is 0.253 e. The number of piperidine rings is 1. The van der Waals surface area contributed by atoms with Gasteiger partial charge in [0.25, 0.3) is 11.8 Å². The molecular formula is C24H26F2N4O6S3. The second-order valence-corrected chi connectivity index (χ2v) is 14.3. The molecule has 210 valence electrons. The van der Waals surface area contributed by atoms with Crippen LogP contribution < -0.4 is 10.5 Å². The van der Waals surface area contributed by atoms with E-state index in [1.165, 1.54) is 4.90 Å². The molecule has 2 amide bonds. The van der Waals surface area contributed by atoms with E-state index in [9.17, 15) is 35.2 Å². The molecule has 1 saturated heterocycles. The number of sulfonamides is 1. The molecule has 1 aromatic heterocycles. The lowest BCUT2D eigenvalue weighted by molar-refractivity contribution is -0.120. The van der Waals surface area contributed by atoms with Crippen molar-refractivity contribution in [3.63, 3.8) is 0 Å². The number of nitrogens with two attached hydrogens (primary N) is 1. The van der Waals surface area contributed by atoms with Crippen molar-refractivity contribution in [2.45, 2.75) is 24.0 Å². The number of carbonyl (C=O) groups excluding carboxylic acids is 2. The molecule has 1 aliphatic rings. The van der Waals surface area contributed by atoms with Gasteiger partial charge in [-0.1, -0.05) is 18.2 Å². The largest absolute Gasteiger partial charge is 0.354 e. The van der Waals surface area contributed by atoms with Crippen LogP contribution in [-0.4, -0.2) is 76.1 Å². The minimum atomic E-state index is -3.94. The molecule has 1 unspecified atom stereocenters. The van der Waals surface area contributed by atoms with E-state index in [2.05, 4.69) is 10.3 Å². The second kappa shape index (κ2) is 10.9. The van der Waals surface area contributed by atoms with Gasteiger partial charge in [-0.25, -0.2) is 35.7 Å². The first-order valence-corrected chi connectivity index (χ1v) is 16.3. The number of carbonyl (C=O) groups is 2. The number of hydrogen-bond acceptors (Lipinski definition) is 8. The molecule has 3 N–H and O–H groups in total. The molecule has 0 spiro atoms. The highest BCUT2D eigenvalue weighted by Crippen LogP contribution is 2.34. The average Bonchev–Trinajstić information content (AvgIpc) is 3.24. The fourth-order valence-electron chi connectivity index (χ4n) is 4.16. The van der Waals surface area contributed by atoms with Gasteiger partial charge in [-0.15, -0.1) is 11.3 Å². The van der Waals surface area contributed by atoms with Gasteiger partial charge in [0.05, 0.1) is 16.0 Å². The summed E-state index contributed by atoms with van der Waals surface area (Å²) in [4.78, 5) is 31.1. The lowest BCUT2D eigenvalue weighted by Crippen LogP contribution is -2.42. The van der Waals surface area contributed by atoms with E-state index in [1.54, 1.807) is 42.5 Å². The summed E-state index contributed by atoms with van der Waals surface area (Å²) in [5.74, 6) is -4.50. The highest BCUT2D eigenvalue weighted by molar-refractivity contribution is 7.91. The van der Waals surface area contributed by atoms with E-state index in [-0.39, 0.29) is 43.4 Å². The Morgan fingerprint density at radius 1 is 1.08 bits per heavy atom. The summed E-state index contributed by atoms with van der Waals surface area (Å²) < 4.78 is 74.5. The summed E-state index contributed by atoms with van der Waals surface area (Å²) in [6.45, 7) is -0.353. The Morgan fingerprint density at radius 2 is 1.69 bits per heavy atom. The molecule has 0 aliphatic carbocycles. The van der Waals surface area contributed by atoms with Crippen LogP contribution in [0.5, 0.6) is 0 Å². The van der Waals surface area contributed by atoms with Gasteiger partial charge in [-0.05, 0) is 35.4 Å². The third-order valence-corrected chi connectivity index (χ3v) is 9.53. The number of sulfone groups is 1. The quantitative estimate of drug-likeness (QED) is 0.402. The van der Waals surface area contributed by atoms with Crippen molar-refractivity contribution in [2.24, 2.45) is 5.14 Å². The van der Waals surface area contributed by atoms with Gasteiger partial charge in [0, 0.05) is 44.3 Å². The first-order chi connectivity index (χ1) is 18.1. The molecule has 0 saturated carbocycles. The molecule has 1 fully saturated rings. The van der Waals surface area contributed by atoms with Crippen LogP contribution in [0, 0.1) is 0 Å². The molecule has 0 bridgehead atoms. The molecule has 15 heteroatoms. The van der Waals surface area contributed by atoms with Crippen molar-refractivity contribution in [3.8, 4) is 11.1 Å². The summed E-state index contributed by atoms with van der Waals surface area (Å²) >= 11 is 1.02. The number of rotatable bonds is 8. The number of thiazole rings is 1. The first kappa shape index (κ1) is 29.0. The lowest BCUT2D eigenvalue weighted by Gasteiger charge is -2.31. The second-order valence-electron chi connectivity index (χ2n) is 9.33. The van der Waals surface area contributed by atoms with Crippen LogP contribution >= 0.6 is 11.3 Å². The van der Waals surface area contributed by atoms with Crippen molar-refractivity contribution in [2.75, 3.05) is 31.6 Å². The number of amides is 2. The van der Waals surface area contributed by atoms with Crippen LogP contribution in [0.4, 0.5) is 8.78 Å². The van der Waals surface area contributed by atoms with Gasteiger partial charge in [0.1, 0.15) is 5.01 Å². The van der Waals surface area contributed by atoms with Crippen LogP contribution in [0.25, 0.3) is 21.3 Å². The maximum Gasteiger partial charge on any atom is 0.253 e. The normalized spacial score (nSPS) is 16.7. The van der Waals surface area contributed by atoms with Gasteiger partial charge in [-0.3, -0.25) is 9.59 Å². The molecule has 39 heavy (non-hydrogen) atoms. The monoisotopic (exact) mass is 600 g/mol. The first-order valence-electron chi connectivity index (χ1n) is 11.8. The fourth-order valence-corrected chi connectivity index (χ4v) is 7.09. The van der Waals surface area contributed by atoms with Gasteiger partial charge in [0.2, 0.25) is 15.9 Å². The standard InChI is InChI=1S/C24H26F2N4O6S3/c1-38(33,34)20(21(31)28-10-13-39(27,35)36)22-29-18-7-6-17(14-19(18)37-22)15-2-4-16(5-3-15)23(32)30-11-8-24(25,26)9-12-30/h2-7,14,20H,8-13H2,1H3,(H,28,31)(H2,27,35,36). The Bertz CT molecular complexity index is 1610. The minimum absolute atomic E-state index is 0.00339. The van der Waals surface area contributed by atoms with E-state index in [1.807, 2.05) is 0 Å². The maximum atomic E-state index is 13.4. The highest BCUT2D eigenvalue weighted by atomic mass is 32.2. The minimum Gasteiger partial charge on any atom is -0.354 e. The van der Waals surface area contributed by atoms with E-state index in [4.69, 9.17) is 5.14 Å². The van der Waals surface area contributed by atoms with Crippen LogP contribution in [-0.2, 0) is 24.7 Å². The van der Waals surface area contributed by atoms with E-state index >= 15 is 0 Å². The van der Waals surface area contributed by atoms with Crippen molar-refractivity contribution in [3.05, 3.63) is 53.0 Å². The van der Waals surface area contributed by atoms with E-state index in [0.29, 0.717) is 15.8 Å². The summed E-state index contributed by atoms with van der Waals surface area (Å²) in [6, 6.07) is 11.9. The molecule has 3 aromatic rings. The van der Waals surface area contributed by atoms with Crippen molar-refractivity contribution in [1.29, 1.82) is 0 Å². The van der Waals surface area contributed by atoms with Gasteiger partial charge in [-0.2, -0.15) is 0 Å². The summed E-state index contributed by atoms with van der Waals surface area (Å²) in [5.41, 5.74) is 2.37. The predicted octanol–water partition coefficient (Wildman–Crippen LogP) is 2.33. The number of halogens is 2. The molecule has 4 rings (SSSR count). The zero-order valence-electron chi connectivity index (χ0n) is 20.8. The van der Waals surface area contributed by atoms with Crippen LogP contribution in [0.3, 0.4) is 0 Å². The van der Waals surface area contributed by atoms with Crippen molar-refractivity contribution < 1.29 is 35.2 Å². The fraction of sp³-hybridized carbons (Fsp3) is 0.375. The highest BCUT2D eigenvalue weighted by Gasteiger charge is 2.36. The van der Waals surface area contributed by atoms with Crippen LogP contribution in [0.1, 0.15) is 33.5 Å². The number of likely N-dealkylation sites (tertiary alicyclic amines) is 1. The van der Waals surface area contributed by atoms with Gasteiger partial charge < -0.3 is 10.2 Å². The Morgan fingerprint density at radius 3 is 2.28 bits per heavy atom. The molecule has 0 radical (unpaired) electrons. The SMILES string of the molecule is CS(=O)(=O)C(C(=O)NCCS(N)(=O)=O)c1nc2ccc(-c3ccc(C(=O)N4CCC(F)(F)CC4)cc3)cc2s1. The molecule has 1 aliphatic heterocycles. The van der Waals surface area contributed by atoms with Crippen LogP contribution in [0.2, 0.25) is 0 Å². The van der Waals surface area contributed by atoms with Gasteiger partial charge in [0.15, 0.2) is 15.1 Å². The van der Waals surface area contributed by atoms with Crippen LogP contribution in [0.15, 0.2) is 42.5 Å². The third kappa shape index (κ3) is 7.15. The summed E-state index contributed by atoms with van der Waals surface area (Å²) in [7, 11) is -7.78. The number of fused-ring (bicyclic) bond motifs is 1. The lowest BCUT2D eigenvalue weighted by atomic mass is 10.0. The zero-order chi connectivity index (χ0) is 28.6. The number of alkyl halides is 2. The predicted molar refractivity (Wildman–Crippen MR) is 144 cm³/mol. The molecule has 2 aromatic carbocycles. The average molecular weight is 601 g/mol. The number of aromatic nitrogens is 1. The molecule has 1 atom stereocenters. The number of hydrogen-bond donors (Lipinski definition) is 2. The topological polar surface area (TPSA) is 157 Å². The number of nitrogens with zero attached hydrogens (tertiary/aromatic N) is 2. The van der Waals surface area contributed by atoms with E-state index < -0.39 is 42.7 Å². The van der Waals surface area contributed by atoms with Crippen molar-refractivity contribution in [1.82, 2.24) is 15.2 Å². The Balaban J connectivity index is 1.53. The summed E-state index contributed by atoms with van der Waals surface area (Å²) in [5, 5.41) is 5.62. The van der Waals surface area contributed by atoms with Crippen molar-refractivity contribution >= 4 is 53.2 Å². The Labute approximate surface area is 228 Å². The Hall–Kier alpha value is -3.01. The van der Waals surface area contributed by atoms with E-state index in [0.717, 1.165) is 28.7 Å². The number of benzene rings is 2. The zero-order valence-corrected chi connectivity index (χ0v) is 23.2. The third-order valence-electron chi connectivity index (χ3n) is 6.23. The molecular weight excluding hydrogens is 574 g/mol. The molecule has 2 heterocycles. The molecule has 10 nitrogen and oxygen atoms in total.